The van der Waals surface area contributed by atoms with Crippen LogP contribution in [0.1, 0.15) is 18.4 Å². The number of rotatable bonds is 5. The minimum Gasteiger partial charge on any atom is -0.348 e. The minimum absolute atomic E-state index is 0.00798. The van der Waals surface area contributed by atoms with E-state index >= 15 is 0 Å². The molecule has 0 fully saturated rings. The topological polar surface area (TPSA) is 72.2 Å². The fourth-order valence-electron chi connectivity index (χ4n) is 1.45. The second-order valence-corrected chi connectivity index (χ2v) is 3.64. The largest absolute Gasteiger partial charge is 0.348 e. The van der Waals surface area contributed by atoms with Gasteiger partial charge in [0.05, 0.1) is 12.6 Å². The number of carbonyl (C=O) groups excluding carboxylic acids is 2. The van der Waals surface area contributed by atoms with Gasteiger partial charge in [0.1, 0.15) is 6.29 Å². The molecule has 0 bridgehead atoms. The summed E-state index contributed by atoms with van der Waals surface area (Å²) in [6.07, 6.45) is 0.637. The molecule has 4 heteroatoms. The third-order valence-corrected chi connectivity index (χ3v) is 2.53. The first kappa shape index (κ1) is 12.4. The van der Waals surface area contributed by atoms with Gasteiger partial charge in [-0.3, -0.25) is 4.79 Å². The molecular formula is C12H16N2O2. The molecule has 16 heavy (non-hydrogen) atoms. The van der Waals surface area contributed by atoms with E-state index in [1.807, 2.05) is 37.3 Å². The van der Waals surface area contributed by atoms with E-state index in [9.17, 15) is 9.59 Å². The lowest BCUT2D eigenvalue weighted by Gasteiger charge is -2.19. The van der Waals surface area contributed by atoms with Gasteiger partial charge in [-0.05, 0) is 5.56 Å². The first-order valence-corrected chi connectivity index (χ1v) is 5.18. The van der Waals surface area contributed by atoms with Crippen molar-refractivity contribution in [3.63, 3.8) is 0 Å². The Labute approximate surface area is 94.8 Å². The number of benzene rings is 1. The highest BCUT2D eigenvalue weighted by atomic mass is 16.2. The predicted molar refractivity (Wildman–Crippen MR) is 61.9 cm³/mol. The zero-order valence-electron chi connectivity index (χ0n) is 9.22. The standard InChI is InChI=1S/C12H16N2O2/c1-9(10-5-3-2-4-6-10)11(13)12(16)14-7-8-15/h2-6,8-9,11H,7,13H2,1H3,(H,14,16)/t9-,11-/m1/s1. The Hall–Kier alpha value is -1.68. The Morgan fingerprint density at radius 1 is 1.44 bits per heavy atom. The van der Waals surface area contributed by atoms with Crippen LogP contribution in [-0.2, 0) is 9.59 Å². The number of hydrogen-bond donors (Lipinski definition) is 2. The highest BCUT2D eigenvalue weighted by molar-refractivity contribution is 5.84. The fourth-order valence-corrected chi connectivity index (χ4v) is 1.45. The molecule has 0 saturated heterocycles. The van der Waals surface area contributed by atoms with Crippen molar-refractivity contribution in [2.24, 2.45) is 5.73 Å². The SMILES string of the molecule is C[C@H](c1ccccc1)[C@@H](N)C(=O)NCC=O. The lowest BCUT2D eigenvalue weighted by Crippen LogP contribution is -2.44. The molecule has 0 unspecified atom stereocenters. The molecule has 0 aliphatic carbocycles. The van der Waals surface area contributed by atoms with Crippen LogP contribution in [0.5, 0.6) is 0 Å². The van der Waals surface area contributed by atoms with Gasteiger partial charge in [0.15, 0.2) is 0 Å². The number of hydrogen-bond acceptors (Lipinski definition) is 3. The van der Waals surface area contributed by atoms with Crippen LogP contribution < -0.4 is 11.1 Å². The molecule has 0 spiro atoms. The molecule has 0 aliphatic rings. The van der Waals surface area contributed by atoms with E-state index in [2.05, 4.69) is 5.32 Å². The maximum Gasteiger partial charge on any atom is 0.237 e. The number of aldehydes is 1. The lowest BCUT2D eigenvalue weighted by atomic mass is 9.93. The second kappa shape index (κ2) is 6.02. The number of nitrogens with one attached hydrogen (secondary N) is 1. The van der Waals surface area contributed by atoms with Crippen LogP contribution >= 0.6 is 0 Å². The van der Waals surface area contributed by atoms with Crippen molar-refractivity contribution in [1.29, 1.82) is 0 Å². The van der Waals surface area contributed by atoms with Gasteiger partial charge in [-0.1, -0.05) is 37.3 Å². The molecule has 0 aromatic heterocycles. The molecule has 1 rings (SSSR count). The van der Waals surface area contributed by atoms with Gasteiger partial charge in [-0.25, -0.2) is 0 Å². The summed E-state index contributed by atoms with van der Waals surface area (Å²) in [6.45, 7) is 1.90. The van der Waals surface area contributed by atoms with Crippen molar-refractivity contribution in [2.75, 3.05) is 6.54 Å². The number of carbonyl (C=O) groups is 2. The summed E-state index contributed by atoms with van der Waals surface area (Å²) in [5, 5.41) is 2.45. The van der Waals surface area contributed by atoms with Crippen LogP contribution in [0, 0.1) is 0 Å². The molecule has 0 aliphatic heterocycles. The molecule has 1 amide bonds. The minimum atomic E-state index is -0.637. The molecule has 0 saturated carbocycles. The normalized spacial score (nSPS) is 13.9. The van der Waals surface area contributed by atoms with Gasteiger partial charge >= 0.3 is 0 Å². The zero-order valence-corrected chi connectivity index (χ0v) is 9.22. The Kier molecular flexibility index (Phi) is 4.66. The first-order valence-electron chi connectivity index (χ1n) is 5.18. The Bertz CT molecular complexity index is 351. The molecule has 1 aromatic carbocycles. The monoisotopic (exact) mass is 220 g/mol. The van der Waals surface area contributed by atoms with E-state index in [0.717, 1.165) is 5.56 Å². The van der Waals surface area contributed by atoms with Gasteiger partial charge in [-0.2, -0.15) is 0 Å². The van der Waals surface area contributed by atoms with Gasteiger partial charge in [-0.15, -0.1) is 0 Å². The molecule has 0 radical (unpaired) electrons. The van der Waals surface area contributed by atoms with Crippen molar-refractivity contribution in [2.45, 2.75) is 18.9 Å². The second-order valence-electron chi connectivity index (χ2n) is 3.64. The van der Waals surface area contributed by atoms with Crippen molar-refractivity contribution in [3.05, 3.63) is 35.9 Å². The zero-order chi connectivity index (χ0) is 12.0. The lowest BCUT2D eigenvalue weighted by molar-refractivity contribution is -0.124. The molecule has 1 aromatic rings. The third-order valence-electron chi connectivity index (χ3n) is 2.53. The van der Waals surface area contributed by atoms with Crippen LogP contribution in [0.3, 0.4) is 0 Å². The molecule has 3 N–H and O–H groups in total. The van der Waals surface area contributed by atoms with E-state index in [0.29, 0.717) is 6.29 Å². The average Bonchev–Trinajstić information content (AvgIpc) is 2.35. The highest BCUT2D eigenvalue weighted by Crippen LogP contribution is 2.17. The third kappa shape index (κ3) is 3.17. The summed E-state index contributed by atoms with van der Waals surface area (Å²) in [7, 11) is 0. The summed E-state index contributed by atoms with van der Waals surface area (Å²) >= 11 is 0. The summed E-state index contributed by atoms with van der Waals surface area (Å²) in [6, 6.07) is 8.94. The van der Waals surface area contributed by atoms with Crippen molar-refractivity contribution in [1.82, 2.24) is 5.32 Å². The van der Waals surface area contributed by atoms with Crippen LogP contribution in [0.4, 0.5) is 0 Å². The molecular weight excluding hydrogens is 204 g/mol. The molecule has 86 valence electrons. The van der Waals surface area contributed by atoms with Crippen molar-refractivity contribution >= 4 is 12.2 Å². The van der Waals surface area contributed by atoms with Crippen molar-refractivity contribution in [3.8, 4) is 0 Å². The smallest absolute Gasteiger partial charge is 0.237 e. The van der Waals surface area contributed by atoms with Crippen LogP contribution in [0.15, 0.2) is 30.3 Å². The van der Waals surface area contributed by atoms with E-state index < -0.39 is 6.04 Å². The summed E-state index contributed by atoms with van der Waals surface area (Å²) in [5.74, 6) is -0.378. The van der Waals surface area contributed by atoms with Gasteiger partial charge < -0.3 is 15.8 Å². The van der Waals surface area contributed by atoms with E-state index in [4.69, 9.17) is 5.73 Å². The summed E-state index contributed by atoms with van der Waals surface area (Å²) < 4.78 is 0. The van der Waals surface area contributed by atoms with E-state index in [1.165, 1.54) is 0 Å². The summed E-state index contributed by atoms with van der Waals surface area (Å²) in [4.78, 5) is 21.6. The maximum absolute atomic E-state index is 11.5. The maximum atomic E-state index is 11.5. The molecule has 4 nitrogen and oxygen atoms in total. The Morgan fingerprint density at radius 2 is 2.06 bits per heavy atom. The van der Waals surface area contributed by atoms with Gasteiger partial charge in [0.25, 0.3) is 0 Å². The van der Waals surface area contributed by atoms with Crippen LogP contribution in [0.2, 0.25) is 0 Å². The van der Waals surface area contributed by atoms with Crippen LogP contribution in [-0.4, -0.2) is 24.8 Å². The van der Waals surface area contributed by atoms with Crippen LogP contribution in [0.25, 0.3) is 0 Å². The Morgan fingerprint density at radius 3 is 2.62 bits per heavy atom. The number of amides is 1. The fraction of sp³-hybridized carbons (Fsp3) is 0.333. The summed E-state index contributed by atoms with van der Waals surface area (Å²) in [5.41, 5.74) is 6.82. The van der Waals surface area contributed by atoms with Crippen molar-refractivity contribution < 1.29 is 9.59 Å². The first-order chi connectivity index (χ1) is 7.66. The average molecular weight is 220 g/mol. The number of nitrogens with two attached hydrogens (primary N) is 1. The molecule has 0 heterocycles. The predicted octanol–water partition coefficient (Wildman–Crippen LogP) is 0.432. The quantitative estimate of drug-likeness (QED) is 0.707. The van der Waals surface area contributed by atoms with E-state index in [-0.39, 0.29) is 18.4 Å². The highest BCUT2D eigenvalue weighted by Gasteiger charge is 2.21. The van der Waals surface area contributed by atoms with Gasteiger partial charge in [0, 0.05) is 5.92 Å². The Balaban J connectivity index is 2.63. The van der Waals surface area contributed by atoms with Gasteiger partial charge in [0.2, 0.25) is 5.91 Å². The molecule has 2 atom stereocenters. The van der Waals surface area contributed by atoms with E-state index in [1.54, 1.807) is 0 Å².